The van der Waals surface area contributed by atoms with Crippen molar-refractivity contribution < 1.29 is 56.4 Å². The third-order valence-corrected chi connectivity index (χ3v) is 8.00. The van der Waals surface area contributed by atoms with Gasteiger partial charge in [0.1, 0.15) is 12.2 Å². The van der Waals surface area contributed by atoms with Crippen molar-refractivity contribution in [3.8, 4) is 0 Å². The van der Waals surface area contributed by atoms with Crippen LogP contribution in [0.25, 0.3) is 0 Å². The van der Waals surface area contributed by atoms with Gasteiger partial charge in [-0.1, -0.05) is 0 Å². The van der Waals surface area contributed by atoms with E-state index in [2.05, 4.69) is 13.1 Å². The third-order valence-electron chi connectivity index (χ3n) is 3.72. The van der Waals surface area contributed by atoms with Crippen molar-refractivity contribution in [2.45, 2.75) is 31.0 Å². The van der Waals surface area contributed by atoms with Crippen molar-refractivity contribution in [3.63, 3.8) is 0 Å². The van der Waals surface area contributed by atoms with Crippen LogP contribution in [-0.4, -0.2) is 66.5 Å². The molecule has 31 heavy (non-hydrogen) atoms. The number of ether oxygens (including phenoxy) is 1. The van der Waals surface area contributed by atoms with E-state index in [4.69, 9.17) is 24.2 Å². The normalized spacial score (nSPS) is 28.6. The van der Waals surface area contributed by atoms with Crippen LogP contribution in [0.3, 0.4) is 0 Å². The standard InChI is InChI=1S/C11H20N3O14P3/c1-24-31(23,28-30(21,22)27-29(12,19)20)25-5-8-6(15)4-7(16)10(26-8)14-3-2-9(17)13-11(14)18/h2-3,6-8,10,15-16H,4-5H2,1H3,(H,21,22)(H3,12,19,20)(H,13,17,18)/t6?,7?,8-,10-,31?/m1/s1. The zero-order valence-corrected chi connectivity index (χ0v) is 18.3. The summed E-state index contributed by atoms with van der Waals surface area (Å²) >= 11 is 0. The molecule has 0 aliphatic carbocycles. The number of hydrogen-bond donors (Lipinski definition) is 7. The summed E-state index contributed by atoms with van der Waals surface area (Å²) < 4.78 is 47.3. The molecule has 0 saturated carbocycles. The Balaban J connectivity index is 2.13. The van der Waals surface area contributed by atoms with Gasteiger partial charge in [-0.15, -0.1) is 0 Å². The molecule has 1 aromatic heterocycles. The topological polar surface area (TPSA) is 260 Å². The summed E-state index contributed by atoms with van der Waals surface area (Å²) in [7, 11) is -14.7. The first-order chi connectivity index (χ1) is 14.1. The average molecular weight is 511 g/mol. The molecule has 0 aromatic carbocycles. The average Bonchev–Trinajstić information content (AvgIpc) is 2.59. The largest absolute Gasteiger partial charge is 0.488 e. The minimum Gasteiger partial charge on any atom is -0.390 e. The van der Waals surface area contributed by atoms with Gasteiger partial charge in [0.05, 0.1) is 12.7 Å². The first-order valence-electron chi connectivity index (χ1n) is 8.13. The number of aromatic amines is 1. The first-order valence-corrected chi connectivity index (χ1v) is 12.7. The molecule has 1 aliphatic rings. The Kier molecular flexibility index (Phi) is 8.33. The molecule has 0 amide bonds. The lowest BCUT2D eigenvalue weighted by atomic mass is 10.0. The predicted molar refractivity (Wildman–Crippen MR) is 98.5 cm³/mol. The van der Waals surface area contributed by atoms with Gasteiger partial charge in [-0.2, -0.15) is 4.31 Å². The minimum absolute atomic E-state index is 0.342. The number of aliphatic hydroxyl groups is 2. The van der Waals surface area contributed by atoms with Gasteiger partial charge in [0.2, 0.25) is 0 Å². The maximum atomic E-state index is 12.4. The zero-order chi connectivity index (χ0) is 23.6. The van der Waals surface area contributed by atoms with Crippen molar-refractivity contribution in [2.24, 2.45) is 0 Å². The molecule has 20 heteroatoms. The van der Waals surface area contributed by atoms with E-state index >= 15 is 0 Å². The van der Waals surface area contributed by atoms with E-state index in [1.54, 1.807) is 0 Å². The molecule has 1 aromatic rings. The molecule has 0 spiro atoms. The molecular formula is C11H20N3O14P3. The van der Waals surface area contributed by atoms with Gasteiger partial charge in [0.15, 0.2) is 6.23 Å². The molecule has 2 heterocycles. The summed E-state index contributed by atoms with van der Waals surface area (Å²) in [6.45, 7) is -0.826. The highest BCUT2D eigenvalue weighted by Crippen LogP contribution is 2.68. The Morgan fingerprint density at radius 2 is 1.87 bits per heavy atom. The third kappa shape index (κ3) is 7.51. The molecular weight excluding hydrogens is 491 g/mol. The van der Waals surface area contributed by atoms with E-state index in [1.807, 2.05) is 4.98 Å². The number of H-pyrrole nitrogens is 1. The lowest BCUT2D eigenvalue weighted by molar-refractivity contribution is -0.206. The summed E-state index contributed by atoms with van der Waals surface area (Å²) in [5.74, 6) is 0. The Bertz CT molecular complexity index is 1030. The van der Waals surface area contributed by atoms with E-state index in [0.717, 1.165) is 23.9 Å². The van der Waals surface area contributed by atoms with Gasteiger partial charge in [-0.3, -0.25) is 23.4 Å². The van der Waals surface area contributed by atoms with Gasteiger partial charge in [0, 0.05) is 25.8 Å². The number of phosphoric acid groups is 2. The SMILES string of the molecule is COP(=O)(OC[C@H]1O[C@@H](n2ccc(=O)[nH]c2=O)C(O)CC1O)OP(=O)(O)OP(=N)(O)O. The number of rotatable bonds is 9. The summed E-state index contributed by atoms with van der Waals surface area (Å²) in [6.07, 6.45) is -4.90. The minimum atomic E-state index is -5.49. The zero-order valence-electron chi connectivity index (χ0n) is 15.6. The highest BCUT2D eigenvalue weighted by molar-refractivity contribution is 7.67. The molecule has 7 N–H and O–H groups in total. The molecule has 0 radical (unpaired) electrons. The Hall–Kier alpha value is -1.03. The molecule has 17 nitrogen and oxygen atoms in total. The van der Waals surface area contributed by atoms with Crippen LogP contribution >= 0.6 is 23.4 Å². The molecule has 1 fully saturated rings. The van der Waals surface area contributed by atoms with Crippen LogP contribution < -0.4 is 11.2 Å². The second kappa shape index (κ2) is 9.85. The van der Waals surface area contributed by atoms with Crippen LogP contribution in [0, 0.1) is 5.16 Å². The number of aromatic nitrogens is 2. The summed E-state index contributed by atoms with van der Waals surface area (Å²) in [5.41, 5.74) is -1.63. The van der Waals surface area contributed by atoms with Crippen LogP contribution in [0.5, 0.6) is 0 Å². The van der Waals surface area contributed by atoms with Crippen molar-refractivity contribution in [2.75, 3.05) is 13.7 Å². The molecule has 178 valence electrons. The quantitative estimate of drug-likeness (QED) is 0.195. The second-order valence-corrected chi connectivity index (χ2v) is 10.9. The number of nitrogens with zero attached hydrogens (tertiary/aromatic N) is 1. The fourth-order valence-corrected chi connectivity index (χ4v) is 5.90. The molecule has 2 rings (SSSR count). The summed E-state index contributed by atoms with van der Waals surface area (Å²) in [5, 5.41) is 26.9. The lowest BCUT2D eigenvalue weighted by Gasteiger charge is -2.37. The Morgan fingerprint density at radius 3 is 2.42 bits per heavy atom. The van der Waals surface area contributed by atoms with Crippen LogP contribution in [0.2, 0.25) is 0 Å². The van der Waals surface area contributed by atoms with Crippen LogP contribution in [-0.2, 0) is 31.5 Å². The fraction of sp³-hybridized carbons (Fsp3) is 0.636. The monoisotopic (exact) mass is 511 g/mol. The second-order valence-electron chi connectivity index (χ2n) is 6.05. The molecule has 1 saturated heterocycles. The summed E-state index contributed by atoms with van der Waals surface area (Å²) in [6, 6.07) is 0.983. The molecule has 6 atom stereocenters. The number of aliphatic hydroxyl groups excluding tert-OH is 2. The predicted octanol–water partition coefficient (Wildman–Crippen LogP) is -1.04. The highest BCUT2D eigenvalue weighted by Gasteiger charge is 2.43. The Morgan fingerprint density at radius 1 is 1.23 bits per heavy atom. The van der Waals surface area contributed by atoms with Crippen molar-refractivity contribution in [1.82, 2.24) is 9.55 Å². The van der Waals surface area contributed by atoms with E-state index in [1.165, 1.54) is 0 Å². The molecule has 1 aliphatic heterocycles. The molecule has 4 unspecified atom stereocenters. The van der Waals surface area contributed by atoms with Crippen molar-refractivity contribution in [3.05, 3.63) is 33.1 Å². The molecule has 0 bridgehead atoms. The smallest absolute Gasteiger partial charge is 0.390 e. The fourth-order valence-electron chi connectivity index (χ4n) is 2.46. The van der Waals surface area contributed by atoms with Gasteiger partial charge in [-0.25, -0.2) is 23.4 Å². The first kappa shape index (κ1) is 26.2. The number of phosphoric ester groups is 1. The van der Waals surface area contributed by atoms with E-state index in [9.17, 15) is 33.8 Å². The van der Waals surface area contributed by atoms with E-state index in [0.29, 0.717) is 0 Å². The van der Waals surface area contributed by atoms with Gasteiger partial charge < -0.3 is 29.6 Å². The highest BCUT2D eigenvalue weighted by atomic mass is 31.3. The van der Waals surface area contributed by atoms with Crippen molar-refractivity contribution in [1.29, 1.82) is 5.16 Å². The van der Waals surface area contributed by atoms with Gasteiger partial charge in [0.25, 0.3) is 5.56 Å². The summed E-state index contributed by atoms with van der Waals surface area (Å²) in [4.78, 5) is 52.0. The van der Waals surface area contributed by atoms with Gasteiger partial charge in [-0.05, 0) is 0 Å². The maximum absolute atomic E-state index is 12.4. The van der Waals surface area contributed by atoms with Crippen LogP contribution in [0.1, 0.15) is 12.6 Å². The van der Waals surface area contributed by atoms with Crippen LogP contribution in [0.4, 0.5) is 0 Å². The van der Waals surface area contributed by atoms with Crippen LogP contribution in [0.15, 0.2) is 21.9 Å². The Labute approximate surface area is 173 Å². The number of nitrogens with one attached hydrogen (secondary N) is 2. The lowest BCUT2D eigenvalue weighted by Crippen LogP contribution is -2.49. The number of hydrogen-bond acceptors (Lipinski definition) is 12. The van der Waals surface area contributed by atoms with E-state index < -0.39 is 65.8 Å². The van der Waals surface area contributed by atoms with Crippen molar-refractivity contribution >= 4 is 23.4 Å². The van der Waals surface area contributed by atoms with E-state index in [-0.39, 0.29) is 6.42 Å². The maximum Gasteiger partial charge on any atom is 0.488 e. The van der Waals surface area contributed by atoms with Gasteiger partial charge >= 0.3 is 29.1 Å².